The zero-order chi connectivity index (χ0) is 18.3. The van der Waals surface area contributed by atoms with Crippen molar-refractivity contribution in [2.45, 2.75) is 38.5 Å². The fourth-order valence-corrected chi connectivity index (χ4v) is 5.73. The Hall–Kier alpha value is -1.98. The third kappa shape index (κ3) is 3.60. The summed E-state index contributed by atoms with van der Waals surface area (Å²) < 4.78 is 31.2. The third-order valence-corrected chi connectivity index (χ3v) is 6.26. The van der Waals surface area contributed by atoms with E-state index in [1.54, 1.807) is 0 Å². The average molecular weight is 363 g/mol. The van der Waals surface area contributed by atoms with E-state index in [9.17, 15) is 18.4 Å². The molecule has 4 aliphatic carbocycles. The van der Waals surface area contributed by atoms with Crippen molar-refractivity contribution >= 4 is 11.9 Å². The van der Waals surface area contributed by atoms with Crippen LogP contribution in [0.1, 0.15) is 48.9 Å². The van der Waals surface area contributed by atoms with Gasteiger partial charge < -0.3 is 10.1 Å². The second kappa shape index (κ2) is 6.63. The minimum absolute atomic E-state index is 0.208. The Bertz CT molecular complexity index is 678. The number of rotatable bonds is 5. The smallest absolute Gasteiger partial charge is 0.338 e. The first-order valence-corrected chi connectivity index (χ1v) is 9.31. The van der Waals surface area contributed by atoms with Crippen molar-refractivity contribution in [3.63, 3.8) is 0 Å². The van der Waals surface area contributed by atoms with E-state index in [0.717, 1.165) is 29.9 Å². The summed E-state index contributed by atoms with van der Waals surface area (Å²) in [6.45, 7) is 0.185. The van der Waals surface area contributed by atoms with Crippen molar-refractivity contribution in [3.05, 3.63) is 35.4 Å². The first kappa shape index (κ1) is 17.4. The Balaban J connectivity index is 1.27. The maximum atomic E-state index is 13.1. The Morgan fingerprint density at radius 3 is 2.08 bits per heavy atom. The number of carbonyl (C=O) groups excluding carboxylic acids is 2. The zero-order valence-electron chi connectivity index (χ0n) is 14.6. The first-order chi connectivity index (χ1) is 12.4. The topological polar surface area (TPSA) is 55.4 Å². The molecule has 0 atom stereocenters. The van der Waals surface area contributed by atoms with Gasteiger partial charge in [-0.1, -0.05) is 0 Å². The molecule has 0 radical (unpaired) electrons. The number of benzene rings is 1. The SMILES string of the molecule is O=C(COC(=O)c1cc(F)cc(F)c1)NCC12CC3CC(CC(C3)C1)C2. The molecule has 140 valence electrons. The number of hydrogen-bond donors (Lipinski definition) is 1. The molecule has 4 saturated carbocycles. The van der Waals surface area contributed by atoms with E-state index in [4.69, 9.17) is 4.74 Å². The lowest BCUT2D eigenvalue weighted by Gasteiger charge is -2.56. The van der Waals surface area contributed by atoms with Gasteiger partial charge in [-0.2, -0.15) is 0 Å². The van der Waals surface area contributed by atoms with Gasteiger partial charge in [-0.3, -0.25) is 4.79 Å². The van der Waals surface area contributed by atoms with Crippen molar-refractivity contribution in [2.75, 3.05) is 13.2 Å². The summed E-state index contributed by atoms with van der Waals surface area (Å²) in [5.74, 6) is -0.581. The highest BCUT2D eigenvalue weighted by Crippen LogP contribution is 2.59. The van der Waals surface area contributed by atoms with Crippen LogP contribution < -0.4 is 5.32 Å². The molecule has 0 spiro atoms. The molecule has 4 fully saturated rings. The highest BCUT2D eigenvalue weighted by molar-refractivity contribution is 5.91. The molecule has 4 nitrogen and oxygen atoms in total. The molecule has 1 N–H and O–H groups in total. The molecular weight excluding hydrogens is 340 g/mol. The van der Waals surface area contributed by atoms with Crippen LogP contribution in [-0.4, -0.2) is 25.0 Å². The Labute approximate surface area is 151 Å². The van der Waals surface area contributed by atoms with Gasteiger partial charge in [-0.05, 0) is 73.8 Å². The average Bonchev–Trinajstić information content (AvgIpc) is 2.56. The van der Waals surface area contributed by atoms with Crippen molar-refractivity contribution in [1.29, 1.82) is 0 Å². The minimum atomic E-state index is -0.909. The molecule has 5 rings (SSSR count). The maximum Gasteiger partial charge on any atom is 0.338 e. The molecule has 0 heterocycles. The molecule has 4 aliphatic rings. The van der Waals surface area contributed by atoms with Gasteiger partial charge in [0.15, 0.2) is 6.61 Å². The highest BCUT2D eigenvalue weighted by atomic mass is 19.1. The Morgan fingerprint density at radius 1 is 1.00 bits per heavy atom. The van der Waals surface area contributed by atoms with E-state index in [1.165, 1.54) is 38.5 Å². The molecule has 0 saturated heterocycles. The third-order valence-electron chi connectivity index (χ3n) is 6.26. The van der Waals surface area contributed by atoms with E-state index in [2.05, 4.69) is 5.32 Å². The minimum Gasteiger partial charge on any atom is -0.452 e. The van der Waals surface area contributed by atoms with Crippen LogP contribution in [0.5, 0.6) is 0 Å². The molecule has 26 heavy (non-hydrogen) atoms. The Morgan fingerprint density at radius 2 is 1.54 bits per heavy atom. The van der Waals surface area contributed by atoms with Gasteiger partial charge >= 0.3 is 5.97 Å². The lowest BCUT2D eigenvalue weighted by Crippen LogP contribution is -2.51. The molecule has 0 unspecified atom stereocenters. The predicted octanol–water partition coefficient (Wildman–Crippen LogP) is 3.45. The van der Waals surface area contributed by atoms with Crippen LogP contribution in [0.3, 0.4) is 0 Å². The summed E-state index contributed by atoms with van der Waals surface area (Å²) in [5.41, 5.74) is -0.0310. The molecule has 1 aromatic carbocycles. The van der Waals surface area contributed by atoms with Gasteiger partial charge in [0.2, 0.25) is 0 Å². The fourth-order valence-electron chi connectivity index (χ4n) is 5.73. The van der Waals surface area contributed by atoms with Gasteiger partial charge in [0.1, 0.15) is 11.6 Å². The fraction of sp³-hybridized carbons (Fsp3) is 0.600. The van der Waals surface area contributed by atoms with Gasteiger partial charge in [-0.15, -0.1) is 0 Å². The number of esters is 1. The van der Waals surface area contributed by atoms with E-state index in [1.807, 2.05) is 0 Å². The number of amides is 1. The molecule has 1 aromatic rings. The van der Waals surface area contributed by atoms with Crippen molar-refractivity contribution in [1.82, 2.24) is 5.32 Å². The van der Waals surface area contributed by atoms with Crippen LogP contribution in [0, 0.1) is 34.8 Å². The standard InChI is InChI=1S/C20H23F2NO3/c21-16-4-15(5-17(22)6-16)19(25)26-10-18(24)23-11-20-7-12-1-13(8-20)3-14(2-12)9-20/h4-6,12-14H,1-3,7-11H2,(H,23,24). The molecular formula is C20H23F2NO3. The van der Waals surface area contributed by atoms with E-state index in [0.29, 0.717) is 12.6 Å². The van der Waals surface area contributed by atoms with Crippen molar-refractivity contribution in [3.8, 4) is 0 Å². The molecule has 0 aliphatic heterocycles. The second-order valence-electron chi connectivity index (χ2n) is 8.43. The second-order valence-corrected chi connectivity index (χ2v) is 8.43. The first-order valence-electron chi connectivity index (χ1n) is 9.31. The quantitative estimate of drug-likeness (QED) is 0.815. The summed E-state index contributed by atoms with van der Waals surface area (Å²) >= 11 is 0. The van der Waals surface area contributed by atoms with Gasteiger partial charge in [-0.25, -0.2) is 13.6 Å². The maximum absolute atomic E-state index is 13.1. The monoisotopic (exact) mass is 363 g/mol. The van der Waals surface area contributed by atoms with E-state index < -0.39 is 24.2 Å². The highest BCUT2D eigenvalue weighted by Gasteiger charge is 2.50. The van der Waals surface area contributed by atoms with Crippen LogP contribution in [0.25, 0.3) is 0 Å². The van der Waals surface area contributed by atoms with Crippen molar-refractivity contribution in [2.24, 2.45) is 23.2 Å². The summed E-state index contributed by atoms with van der Waals surface area (Å²) in [6, 6.07) is 2.45. The predicted molar refractivity (Wildman–Crippen MR) is 90.3 cm³/mol. The van der Waals surface area contributed by atoms with E-state index >= 15 is 0 Å². The summed E-state index contributed by atoms with van der Waals surface area (Å²) in [7, 11) is 0. The number of nitrogens with one attached hydrogen (secondary N) is 1. The van der Waals surface area contributed by atoms with Crippen LogP contribution in [0.4, 0.5) is 8.78 Å². The largest absolute Gasteiger partial charge is 0.452 e. The number of ether oxygens (including phenoxy) is 1. The van der Waals surface area contributed by atoms with Crippen LogP contribution in [0.15, 0.2) is 18.2 Å². The van der Waals surface area contributed by atoms with Crippen LogP contribution in [-0.2, 0) is 9.53 Å². The molecule has 4 bridgehead atoms. The van der Waals surface area contributed by atoms with Crippen LogP contribution in [0.2, 0.25) is 0 Å². The van der Waals surface area contributed by atoms with Gasteiger partial charge in [0.05, 0.1) is 5.56 Å². The molecule has 0 aromatic heterocycles. The summed E-state index contributed by atoms with van der Waals surface area (Å²) in [4.78, 5) is 23.9. The number of halogens is 2. The lowest BCUT2D eigenvalue weighted by molar-refractivity contribution is -0.126. The zero-order valence-corrected chi connectivity index (χ0v) is 14.6. The van der Waals surface area contributed by atoms with Gasteiger partial charge in [0, 0.05) is 12.6 Å². The summed E-state index contributed by atoms with van der Waals surface area (Å²) in [6.07, 6.45) is 7.57. The Kier molecular flexibility index (Phi) is 4.45. The molecule has 1 amide bonds. The lowest BCUT2D eigenvalue weighted by atomic mass is 9.49. The van der Waals surface area contributed by atoms with E-state index in [-0.39, 0.29) is 16.9 Å². The molecule has 6 heteroatoms. The normalized spacial score (nSPS) is 31.7. The summed E-state index contributed by atoms with van der Waals surface area (Å²) in [5, 5.41) is 2.90. The van der Waals surface area contributed by atoms with Crippen LogP contribution >= 0.6 is 0 Å². The number of hydrogen-bond acceptors (Lipinski definition) is 3. The van der Waals surface area contributed by atoms with Crippen molar-refractivity contribution < 1.29 is 23.1 Å². The van der Waals surface area contributed by atoms with Gasteiger partial charge in [0.25, 0.3) is 5.91 Å². The number of carbonyl (C=O) groups is 2.